The number of carbonyl (C=O) groups excluding carboxylic acids is 1. The molecular formula is C16H27N4O10P. The fourth-order valence-electron chi connectivity index (χ4n) is 2.88. The minimum Gasteiger partial charge on any atom is -0.433 e. The van der Waals surface area contributed by atoms with Gasteiger partial charge in [-0.15, -0.1) is 0 Å². The van der Waals surface area contributed by atoms with Gasteiger partial charge in [0.05, 0.1) is 12.7 Å². The highest BCUT2D eigenvalue weighted by Crippen LogP contribution is 2.36. The molecule has 1 saturated heterocycles. The summed E-state index contributed by atoms with van der Waals surface area (Å²) in [5.74, 6) is -0.495. The molecule has 1 aromatic heterocycles. The second-order valence-corrected chi connectivity index (χ2v) is 8.84. The highest BCUT2D eigenvalue weighted by atomic mass is 31.2. The van der Waals surface area contributed by atoms with Crippen molar-refractivity contribution in [3.63, 3.8) is 0 Å². The van der Waals surface area contributed by atoms with Crippen LogP contribution in [0.1, 0.15) is 20.1 Å². The molecule has 0 amide bonds. The summed E-state index contributed by atoms with van der Waals surface area (Å²) in [6.45, 7) is 2.23. The van der Waals surface area contributed by atoms with Gasteiger partial charge in [0.25, 0.3) is 0 Å². The van der Waals surface area contributed by atoms with E-state index in [1.807, 2.05) is 0 Å². The molecule has 5 atom stereocenters. The van der Waals surface area contributed by atoms with Gasteiger partial charge in [-0.25, -0.2) is 14.7 Å². The molecule has 176 valence electrons. The van der Waals surface area contributed by atoms with Gasteiger partial charge in [-0.1, -0.05) is 0 Å². The molecule has 14 nitrogen and oxygen atoms in total. The Morgan fingerprint density at radius 2 is 2.16 bits per heavy atom. The number of rotatable bonds is 9. The van der Waals surface area contributed by atoms with Crippen LogP contribution in [0, 0.1) is 0 Å². The van der Waals surface area contributed by atoms with E-state index in [1.165, 1.54) is 7.11 Å². The van der Waals surface area contributed by atoms with Gasteiger partial charge in [0.1, 0.15) is 36.0 Å². The number of nitrogens with two attached hydrogens (primary N) is 1. The smallest absolute Gasteiger partial charge is 0.433 e. The Labute approximate surface area is 177 Å². The van der Waals surface area contributed by atoms with Gasteiger partial charge in [0, 0.05) is 19.9 Å². The van der Waals surface area contributed by atoms with E-state index in [0.717, 1.165) is 10.8 Å². The predicted molar refractivity (Wildman–Crippen MR) is 106 cm³/mol. The molecule has 2 heterocycles. The van der Waals surface area contributed by atoms with Crippen molar-refractivity contribution in [2.45, 2.75) is 44.5 Å². The van der Waals surface area contributed by atoms with E-state index < -0.39 is 61.6 Å². The second kappa shape index (κ2) is 10.5. The number of aromatic nitrogens is 2. The molecule has 6 N–H and O–H groups in total. The summed E-state index contributed by atoms with van der Waals surface area (Å²) < 4.78 is 33.7. The SMILES string of the molecule is COC1C(O)[C@@H](CO)O[C@H]1n1cc(P(=O)(O)NCCOC(=O)OC(C)C)c(N)nc1=O. The van der Waals surface area contributed by atoms with E-state index in [1.54, 1.807) is 13.8 Å². The maximum Gasteiger partial charge on any atom is 0.508 e. The standard InChI is InChI=1S/C16H27N4O10P/c1-8(2)29-16(24)28-5-4-18-31(25,26)10-6-20(15(23)19-13(10)17)14-12(27-3)11(22)9(7-21)30-14/h6,8-9,11-12,14,21-22H,4-5,7H2,1-3H3,(H2,17,19,23)(H2,18,25,26)/t9-,11?,12?,14-/m1/s1. The highest BCUT2D eigenvalue weighted by molar-refractivity contribution is 7.64. The first-order valence-corrected chi connectivity index (χ1v) is 11.0. The Morgan fingerprint density at radius 1 is 1.48 bits per heavy atom. The molecule has 0 spiro atoms. The van der Waals surface area contributed by atoms with Crippen LogP contribution in [0.5, 0.6) is 0 Å². The molecule has 0 aliphatic carbocycles. The summed E-state index contributed by atoms with van der Waals surface area (Å²) in [7, 11) is -3.09. The number of methoxy groups -OCH3 is 1. The molecule has 0 radical (unpaired) electrons. The molecule has 1 aromatic rings. The van der Waals surface area contributed by atoms with E-state index in [2.05, 4.69) is 10.1 Å². The van der Waals surface area contributed by atoms with Crippen molar-refractivity contribution in [1.82, 2.24) is 14.6 Å². The zero-order valence-electron chi connectivity index (χ0n) is 17.2. The summed E-state index contributed by atoms with van der Waals surface area (Å²) in [6, 6.07) is 0. The minimum atomic E-state index is -4.36. The zero-order valence-corrected chi connectivity index (χ0v) is 18.1. The largest absolute Gasteiger partial charge is 0.508 e. The molecule has 3 unspecified atom stereocenters. The van der Waals surface area contributed by atoms with Crippen molar-refractivity contribution in [1.29, 1.82) is 0 Å². The third-order valence-corrected chi connectivity index (χ3v) is 5.96. The Kier molecular flexibility index (Phi) is 8.54. The summed E-state index contributed by atoms with van der Waals surface area (Å²) in [5.41, 5.74) is 4.75. The quantitative estimate of drug-likeness (QED) is 0.153. The number of nitrogen functional groups attached to an aromatic ring is 1. The number of nitrogens with zero attached hydrogens (tertiary/aromatic N) is 2. The van der Waals surface area contributed by atoms with E-state index in [9.17, 15) is 29.3 Å². The average molecular weight is 466 g/mol. The number of hydrogen-bond acceptors (Lipinski definition) is 11. The second-order valence-electron chi connectivity index (χ2n) is 6.89. The third kappa shape index (κ3) is 6.01. The lowest BCUT2D eigenvalue weighted by atomic mass is 10.1. The maximum atomic E-state index is 12.7. The van der Waals surface area contributed by atoms with Crippen molar-refractivity contribution >= 4 is 24.8 Å². The molecule has 31 heavy (non-hydrogen) atoms. The molecule has 1 fully saturated rings. The van der Waals surface area contributed by atoms with E-state index >= 15 is 0 Å². The van der Waals surface area contributed by atoms with Crippen LogP contribution in [0.4, 0.5) is 10.6 Å². The lowest BCUT2D eigenvalue weighted by Crippen LogP contribution is -2.40. The summed E-state index contributed by atoms with van der Waals surface area (Å²) in [6.07, 6.45) is -4.92. The van der Waals surface area contributed by atoms with Crippen LogP contribution in [0.25, 0.3) is 0 Å². The first-order valence-electron chi connectivity index (χ1n) is 9.29. The molecule has 15 heteroatoms. The Hall–Kier alpha value is -2.06. The van der Waals surface area contributed by atoms with Crippen molar-refractivity contribution in [3.8, 4) is 0 Å². The highest BCUT2D eigenvalue weighted by Gasteiger charge is 2.45. The monoisotopic (exact) mass is 466 g/mol. The van der Waals surface area contributed by atoms with Crippen LogP contribution in [-0.2, 0) is 23.5 Å². The topological polar surface area (TPSA) is 205 Å². The third-order valence-electron chi connectivity index (χ3n) is 4.31. The number of anilines is 1. The molecule has 2 rings (SSSR count). The molecular weight excluding hydrogens is 439 g/mol. The van der Waals surface area contributed by atoms with E-state index in [0.29, 0.717) is 0 Å². The van der Waals surface area contributed by atoms with E-state index in [4.69, 9.17) is 24.7 Å². The molecule has 0 saturated carbocycles. The number of ether oxygens (including phenoxy) is 4. The number of aliphatic hydroxyl groups excluding tert-OH is 2. The fourth-order valence-corrected chi connectivity index (χ4v) is 4.08. The molecule has 1 aliphatic rings. The van der Waals surface area contributed by atoms with Crippen LogP contribution in [0.15, 0.2) is 11.0 Å². The van der Waals surface area contributed by atoms with Gasteiger partial charge >= 0.3 is 19.4 Å². The average Bonchev–Trinajstić information content (AvgIpc) is 2.99. The first-order chi connectivity index (χ1) is 14.5. The van der Waals surface area contributed by atoms with Gasteiger partial charge in [0.2, 0.25) is 0 Å². The number of nitrogens with one attached hydrogen (secondary N) is 1. The van der Waals surface area contributed by atoms with Gasteiger partial charge in [0.15, 0.2) is 6.23 Å². The molecule has 0 bridgehead atoms. The summed E-state index contributed by atoms with van der Waals surface area (Å²) in [5, 5.41) is 21.4. The van der Waals surface area contributed by atoms with Crippen LogP contribution >= 0.6 is 7.52 Å². The van der Waals surface area contributed by atoms with Gasteiger partial charge < -0.3 is 39.8 Å². The van der Waals surface area contributed by atoms with Crippen LogP contribution in [0.3, 0.4) is 0 Å². The van der Waals surface area contributed by atoms with Crippen molar-refractivity contribution < 1.29 is 43.4 Å². The van der Waals surface area contributed by atoms with Gasteiger partial charge in [-0.2, -0.15) is 4.98 Å². The van der Waals surface area contributed by atoms with Crippen LogP contribution in [-0.4, -0.2) is 82.1 Å². The Morgan fingerprint density at radius 3 is 2.74 bits per heavy atom. The van der Waals surface area contributed by atoms with Crippen LogP contribution < -0.4 is 21.8 Å². The Bertz CT molecular complexity index is 878. The van der Waals surface area contributed by atoms with Crippen molar-refractivity contribution in [3.05, 3.63) is 16.7 Å². The molecule has 1 aliphatic heterocycles. The first kappa shape index (κ1) is 25.2. The number of hydrogen-bond donors (Lipinski definition) is 5. The summed E-state index contributed by atoms with van der Waals surface area (Å²) >= 11 is 0. The normalized spacial score (nSPS) is 25.4. The fraction of sp³-hybridized carbons (Fsp3) is 0.688. The van der Waals surface area contributed by atoms with Crippen molar-refractivity contribution in [2.75, 3.05) is 32.6 Å². The minimum absolute atomic E-state index is 0.231. The number of carbonyl (C=O) groups is 1. The lowest BCUT2D eigenvalue weighted by Gasteiger charge is -2.22. The van der Waals surface area contributed by atoms with Crippen molar-refractivity contribution in [2.24, 2.45) is 0 Å². The van der Waals surface area contributed by atoms with Gasteiger partial charge in [-0.3, -0.25) is 9.13 Å². The lowest BCUT2D eigenvalue weighted by molar-refractivity contribution is -0.0623. The Balaban J connectivity index is 2.19. The van der Waals surface area contributed by atoms with Crippen LogP contribution in [0.2, 0.25) is 0 Å². The maximum absolute atomic E-state index is 12.7. The summed E-state index contributed by atoms with van der Waals surface area (Å²) in [4.78, 5) is 37.6. The molecule has 0 aromatic carbocycles. The van der Waals surface area contributed by atoms with E-state index in [-0.39, 0.29) is 19.3 Å². The number of aliphatic hydroxyl groups is 2. The predicted octanol–water partition coefficient (Wildman–Crippen LogP) is -1.95. The van der Waals surface area contributed by atoms with Gasteiger partial charge in [-0.05, 0) is 13.8 Å². The zero-order chi connectivity index (χ0) is 23.3.